The van der Waals surface area contributed by atoms with Crippen LogP contribution in [-0.4, -0.2) is 59.0 Å². The van der Waals surface area contributed by atoms with Crippen molar-refractivity contribution in [1.29, 1.82) is 0 Å². The molecule has 4 rings (SSSR count). The van der Waals surface area contributed by atoms with Crippen LogP contribution in [0.15, 0.2) is 16.9 Å². The van der Waals surface area contributed by atoms with E-state index in [0.29, 0.717) is 26.1 Å². The van der Waals surface area contributed by atoms with Gasteiger partial charge in [0, 0.05) is 23.9 Å². The summed E-state index contributed by atoms with van der Waals surface area (Å²) < 4.78 is 13.8. The largest absolute Gasteiger partial charge is 0.477 e. The van der Waals surface area contributed by atoms with Crippen molar-refractivity contribution in [1.82, 2.24) is 14.3 Å². The maximum atomic E-state index is 12.5. The highest BCUT2D eigenvalue weighted by Gasteiger charge is 2.60. The Bertz CT molecular complexity index is 1050. The van der Waals surface area contributed by atoms with Crippen molar-refractivity contribution in [2.75, 3.05) is 6.26 Å². The minimum Gasteiger partial charge on any atom is -0.477 e. The molecule has 0 radical (unpaired) electrons. The summed E-state index contributed by atoms with van der Waals surface area (Å²) in [4.78, 5) is 31.5. The third kappa shape index (κ3) is 2.36. The maximum Gasteiger partial charge on any atom is 0.352 e. The van der Waals surface area contributed by atoms with Crippen LogP contribution in [0.2, 0.25) is 0 Å². The van der Waals surface area contributed by atoms with Crippen LogP contribution in [0.1, 0.15) is 24.5 Å². The van der Waals surface area contributed by atoms with Crippen LogP contribution in [0.4, 0.5) is 0 Å². The van der Waals surface area contributed by atoms with Crippen molar-refractivity contribution in [3.8, 4) is 0 Å². The quantitative estimate of drug-likeness (QED) is 0.731. The van der Waals surface area contributed by atoms with Crippen molar-refractivity contribution >= 4 is 44.4 Å². The Morgan fingerprint density at radius 3 is 2.67 bits per heavy atom. The van der Waals surface area contributed by atoms with Crippen molar-refractivity contribution in [2.45, 2.75) is 37.9 Å². The molecule has 0 spiro atoms. The zero-order valence-electron chi connectivity index (χ0n) is 15.2. The molecule has 1 saturated heterocycles. The summed E-state index contributed by atoms with van der Waals surface area (Å²) in [6, 6.07) is -0.362. The molecule has 2 aromatic heterocycles. The first-order chi connectivity index (χ1) is 12.6. The number of nitrogens with zero attached hydrogens (tertiary/aromatic N) is 3. The number of rotatable bonds is 4. The van der Waals surface area contributed by atoms with E-state index in [2.05, 4.69) is 4.98 Å². The number of hydrogen-bond donors (Lipinski definition) is 2. The Hall–Kier alpha value is -2.04. The van der Waals surface area contributed by atoms with E-state index in [1.807, 2.05) is 6.92 Å². The monoisotopic (exact) mass is 409 g/mol. The highest BCUT2D eigenvalue weighted by atomic mass is 32.2. The number of hydrogen-bond acceptors (Lipinski definition) is 6. The summed E-state index contributed by atoms with van der Waals surface area (Å²) in [5, 5.41) is 20.2. The molecule has 5 atom stereocenters. The third-order valence-electron chi connectivity index (χ3n) is 5.38. The molecular formula is C17H19N3O5S2. The number of amides is 1. The number of β-lactam (4-membered cyclic amide) rings is 1. The minimum atomic E-state index is -1.27. The number of fused-ring (bicyclic) bond motifs is 2. The van der Waals surface area contributed by atoms with E-state index in [0.717, 1.165) is 0 Å². The normalized spacial score (nSPS) is 27.1. The highest BCUT2D eigenvalue weighted by molar-refractivity contribution is 7.84. The van der Waals surface area contributed by atoms with Gasteiger partial charge in [0.2, 0.25) is 5.91 Å². The van der Waals surface area contributed by atoms with Gasteiger partial charge in [0.25, 0.3) is 0 Å². The van der Waals surface area contributed by atoms with Gasteiger partial charge in [0.05, 0.1) is 33.7 Å². The van der Waals surface area contributed by atoms with Gasteiger partial charge >= 0.3 is 5.97 Å². The second-order valence-electron chi connectivity index (χ2n) is 7.01. The number of aliphatic hydroxyl groups is 1. The van der Waals surface area contributed by atoms with Gasteiger partial charge in [-0.05, 0) is 13.8 Å². The predicted octanol–water partition coefficient (Wildman–Crippen LogP) is 1.09. The lowest BCUT2D eigenvalue weighted by atomic mass is 9.77. The first-order valence-corrected chi connectivity index (χ1v) is 10.8. The molecule has 2 aliphatic heterocycles. The summed E-state index contributed by atoms with van der Waals surface area (Å²) in [7, 11) is -1.27. The van der Waals surface area contributed by atoms with Crippen molar-refractivity contribution in [3.63, 3.8) is 0 Å². The Morgan fingerprint density at radius 1 is 1.44 bits per heavy atom. The lowest BCUT2D eigenvalue weighted by molar-refractivity contribution is -0.163. The van der Waals surface area contributed by atoms with Crippen LogP contribution < -0.4 is 0 Å². The van der Waals surface area contributed by atoms with Gasteiger partial charge in [-0.25, -0.2) is 9.78 Å². The van der Waals surface area contributed by atoms with Crippen molar-refractivity contribution in [3.05, 3.63) is 22.6 Å². The molecule has 10 heteroatoms. The molecule has 144 valence electrons. The van der Waals surface area contributed by atoms with E-state index in [1.54, 1.807) is 30.7 Å². The SMILES string of the molecule is Cc1nc(S(C)=O)c2sc(C3=C(C(=O)O)N4C(=O)[C@H]([C@@H](C)O)[C@H]4[C@H]3C)cn12. The van der Waals surface area contributed by atoms with E-state index in [1.165, 1.54) is 16.2 Å². The number of carboxylic acid groups (broad SMARTS) is 1. The number of carboxylic acids is 1. The third-order valence-corrected chi connectivity index (χ3v) is 7.47. The molecule has 4 heterocycles. The average Bonchev–Trinajstić information content (AvgIpc) is 3.17. The van der Waals surface area contributed by atoms with Crippen LogP contribution >= 0.6 is 11.3 Å². The zero-order chi connectivity index (χ0) is 19.8. The summed E-state index contributed by atoms with van der Waals surface area (Å²) >= 11 is 1.32. The number of carbonyl (C=O) groups is 2. The second kappa shape index (κ2) is 5.98. The molecule has 8 nitrogen and oxygen atoms in total. The molecular weight excluding hydrogens is 390 g/mol. The molecule has 1 amide bonds. The fraction of sp³-hybridized carbons (Fsp3) is 0.471. The Balaban J connectivity index is 1.89. The fourth-order valence-corrected chi connectivity index (χ4v) is 6.45. The number of aryl methyl sites for hydroxylation is 1. The summed E-state index contributed by atoms with van der Waals surface area (Å²) in [5.74, 6) is -1.68. The maximum absolute atomic E-state index is 12.5. The van der Waals surface area contributed by atoms with Crippen molar-refractivity contribution < 1.29 is 24.0 Å². The molecule has 2 aliphatic rings. The molecule has 1 fully saturated rings. The molecule has 2 N–H and O–H groups in total. The van der Waals surface area contributed by atoms with Crippen LogP contribution in [0.3, 0.4) is 0 Å². The van der Waals surface area contributed by atoms with E-state index >= 15 is 0 Å². The average molecular weight is 409 g/mol. The Labute approximate surface area is 161 Å². The summed E-state index contributed by atoms with van der Waals surface area (Å²) in [6.45, 7) is 5.23. The first kappa shape index (κ1) is 18.3. The van der Waals surface area contributed by atoms with Crippen LogP contribution in [0.25, 0.3) is 10.4 Å². The number of aliphatic carboxylic acids is 1. The molecule has 1 unspecified atom stereocenters. The highest BCUT2D eigenvalue weighted by Crippen LogP contribution is 2.51. The first-order valence-electron chi connectivity index (χ1n) is 8.46. The Kier molecular flexibility index (Phi) is 4.06. The smallest absolute Gasteiger partial charge is 0.352 e. The van der Waals surface area contributed by atoms with Gasteiger partial charge in [-0.15, -0.1) is 11.3 Å². The number of thiazole rings is 1. The van der Waals surface area contributed by atoms with Crippen LogP contribution in [0.5, 0.6) is 0 Å². The molecule has 2 aromatic rings. The summed E-state index contributed by atoms with van der Waals surface area (Å²) in [5.41, 5.74) is 0.550. The molecule has 27 heavy (non-hydrogen) atoms. The molecule has 0 bridgehead atoms. The van der Waals surface area contributed by atoms with E-state index < -0.39 is 28.8 Å². The lowest BCUT2D eigenvalue weighted by Crippen LogP contribution is -2.63. The lowest BCUT2D eigenvalue weighted by Gasteiger charge is -2.46. The number of carbonyl (C=O) groups excluding carboxylic acids is 1. The number of imidazole rings is 1. The van der Waals surface area contributed by atoms with Gasteiger partial charge in [0.1, 0.15) is 16.4 Å². The van der Waals surface area contributed by atoms with E-state index in [-0.39, 0.29) is 23.6 Å². The number of aliphatic hydroxyl groups excluding tert-OH is 1. The molecule has 0 saturated carbocycles. The van der Waals surface area contributed by atoms with E-state index in [9.17, 15) is 24.0 Å². The van der Waals surface area contributed by atoms with Gasteiger partial charge in [-0.3, -0.25) is 13.4 Å². The molecule has 0 aromatic carbocycles. The Morgan fingerprint density at radius 2 is 2.11 bits per heavy atom. The molecule has 0 aliphatic carbocycles. The van der Waals surface area contributed by atoms with E-state index in [4.69, 9.17) is 0 Å². The van der Waals surface area contributed by atoms with Gasteiger partial charge in [-0.1, -0.05) is 6.92 Å². The van der Waals surface area contributed by atoms with Crippen LogP contribution in [-0.2, 0) is 20.4 Å². The standard InChI is InChI=1S/C17H19N3O5S2/c1-6-10(9-5-19-8(3)18-14(27(4)25)16(19)26-9)13(17(23)24)20-12(6)11(7(2)21)15(20)22/h5-7,11-12,21H,1-4H3,(H,23,24)/t6-,7+,11+,12+,27?/m0/s1. The zero-order valence-corrected chi connectivity index (χ0v) is 16.8. The van der Waals surface area contributed by atoms with Crippen molar-refractivity contribution in [2.24, 2.45) is 11.8 Å². The van der Waals surface area contributed by atoms with Crippen LogP contribution in [0, 0.1) is 18.8 Å². The summed E-state index contributed by atoms with van der Waals surface area (Å²) in [6.07, 6.45) is 2.51. The van der Waals surface area contributed by atoms with Gasteiger partial charge in [-0.2, -0.15) is 0 Å². The van der Waals surface area contributed by atoms with Gasteiger partial charge in [0.15, 0.2) is 5.03 Å². The topological polar surface area (TPSA) is 112 Å². The minimum absolute atomic E-state index is 0.0244. The van der Waals surface area contributed by atoms with Gasteiger partial charge < -0.3 is 15.1 Å². The second-order valence-corrected chi connectivity index (χ2v) is 9.34. The number of aromatic nitrogens is 2. The predicted molar refractivity (Wildman–Crippen MR) is 99.7 cm³/mol. The fourth-order valence-electron chi connectivity index (χ4n) is 4.20.